The number of likely N-dealkylation sites (N-methyl/N-ethyl adjacent to an activating group) is 1. The molecule has 0 radical (unpaired) electrons. The molecule has 108 valence electrons. The van der Waals surface area contributed by atoms with Crippen molar-refractivity contribution in [2.75, 3.05) is 14.1 Å². The zero-order valence-corrected chi connectivity index (χ0v) is 11.3. The number of hydrogen-bond acceptors (Lipinski definition) is 2. The molecule has 1 unspecified atom stereocenters. The van der Waals surface area contributed by atoms with E-state index < -0.39 is 29.1 Å². The topological polar surface area (TPSA) is 29.3 Å². The molecule has 0 bridgehead atoms. The van der Waals surface area contributed by atoms with E-state index in [1.807, 2.05) is 18.7 Å². The molecule has 0 fully saturated rings. The fraction of sp³-hybridized carbons (Fsp3) is 0.538. The highest BCUT2D eigenvalue weighted by Gasteiger charge is 2.36. The summed E-state index contributed by atoms with van der Waals surface area (Å²) in [6, 6.07) is 2.22. The van der Waals surface area contributed by atoms with Crippen LogP contribution in [0.2, 0.25) is 0 Å². The molecule has 1 atom stereocenters. The Kier molecular flexibility index (Phi) is 4.27. The normalized spacial score (nSPS) is 14.8. The summed E-state index contributed by atoms with van der Waals surface area (Å²) in [5.41, 5.74) is 4.42. The molecule has 0 aliphatic carbocycles. The van der Waals surface area contributed by atoms with Crippen LogP contribution in [0.5, 0.6) is 0 Å². The van der Waals surface area contributed by atoms with Crippen LogP contribution in [-0.2, 0) is 6.18 Å². The number of benzene rings is 1. The van der Waals surface area contributed by atoms with E-state index in [0.717, 1.165) is 12.1 Å². The van der Waals surface area contributed by atoms with Gasteiger partial charge in [-0.1, -0.05) is 6.07 Å². The van der Waals surface area contributed by atoms with Crippen molar-refractivity contribution in [2.24, 2.45) is 5.73 Å². The minimum absolute atomic E-state index is 0.257. The summed E-state index contributed by atoms with van der Waals surface area (Å²) < 4.78 is 51.2. The lowest BCUT2D eigenvalue weighted by molar-refractivity contribution is -0.140. The summed E-state index contributed by atoms with van der Waals surface area (Å²) in [7, 11) is 3.57. The van der Waals surface area contributed by atoms with Crippen LogP contribution < -0.4 is 5.73 Å². The lowest BCUT2D eigenvalue weighted by Gasteiger charge is -2.38. The molecule has 0 aliphatic rings. The second kappa shape index (κ2) is 5.09. The molecule has 1 aromatic carbocycles. The van der Waals surface area contributed by atoms with Crippen LogP contribution in [0.15, 0.2) is 18.2 Å². The van der Waals surface area contributed by atoms with Crippen molar-refractivity contribution in [3.8, 4) is 0 Å². The van der Waals surface area contributed by atoms with Gasteiger partial charge >= 0.3 is 6.18 Å². The molecule has 1 rings (SSSR count). The highest BCUT2D eigenvalue weighted by Crippen LogP contribution is 2.35. The number of halogens is 4. The monoisotopic (exact) mass is 278 g/mol. The average Bonchev–Trinajstić information content (AvgIpc) is 2.26. The molecule has 0 saturated carbocycles. The summed E-state index contributed by atoms with van der Waals surface area (Å²) >= 11 is 0. The Morgan fingerprint density at radius 1 is 1.16 bits per heavy atom. The Bertz CT molecular complexity index is 452. The average molecular weight is 278 g/mol. The van der Waals surface area contributed by atoms with Gasteiger partial charge < -0.3 is 10.6 Å². The molecule has 0 spiro atoms. The van der Waals surface area contributed by atoms with Gasteiger partial charge in [0, 0.05) is 11.6 Å². The molecular weight excluding hydrogens is 260 g/mol. The Labute approximate surface area is 110 Å². The van der Waals surface area contributed by atoms with E-state index in [9.17, 15) is 17.6 Å². The minimum Gasteiger partial charge on any atom is -0.322 e. The Balaban J connectivity index is 3.24. The molecular formula is C13H18F4N2. The van der Waals surface area contributed by atoms with Gasteiger partial charge in [-0.15, -0.1) is 0 Å². The van der Waals surface area contributed by atoms with E-state index in [2.05, 4.69) is 0 Å². The minimum atomic E-state index is -4.72. The highest BCUT2D eigenvalue weighted by molar-refractivity contribution is 5.31. The molecule has 0 saturated heterocycles. The van der Waals surface area contributed by atoms with Gasteiger partial charge in [-0.25, -0.2) is 4.39 Å². The van der Waals surface area contributed by atoms with E-state index in [0.29, 0.717) is 0 Å². The molecule has 0 amide bonds. The maximum Gasteiger partial charge on any atom is 0.419 e. The lowest BCUT2D eigenvalue weighted by atomic mass is 9.87. The molecule has 0 heterocycles. The van der Waals surface area contributed by atoms with Gasteiger partial charge in [0.2, 0.25) is 0 Å². The van der Waals surface area contributed by atoms with Crippen LogP contribution in [-0.4, -0.2) is 24.5 Å². The zero-order valence-electron chi connectivity index (χ0n) is 11.3. The number of hydrogen-bond donors (Lipinski definition) is 1. The first-order chi connectivity index (χ1) is 8.48. The lowest BCUT2D eigenvalue weighted by Crippen LogP contribution is -2.47. The molecule has 2 nitrogen and oxygen atoms in total. The Morgan fingerprint density at radius 2 is 1.68 bits per heavy atom. The van der Waals surface area contributed by atoms with E-state index in [-0.39, 0.29) is 5.56 Å². The van der Waals surface area contributed by atoms with Gasteiger partial charge in [-0.2, -0.15) is 13.2 Å². The van der Waals surface area contributed by atoms with Crippen molar-refractivity contribution >= 4 is 0 Å². The number of nitrogens with zero attached hydrogens (tertiary/aromatic N) is 1. The Morgan fingerprint density at radius 3 is 2.11 bits per heavy atom. The van der Waals surface area contributed by atoms with Gasteiger partial charge in [-0.05, 0) is 45.6 Å². The van der Waals surface area contributed by atoms with Crippen LogP contribution in [0.3, 0.4) is 0 Å². The van der Waals surface area contributed by atoms with E-state index in [1.54, 1.807) is 14.1 Å². The second-order valence-electron chi connectivity index (χ2n) is 5.26. The molecule has 1 aromatic rings. The standard InChI is InChI=1S/C13H18F4N2/c1-12(2,19(3)4)11(18)8-5-6-10(14)9(7-8)13(15,16)17/h5-7,11H,18H2,1-4H3. The molecule has 2 N–H and O–H groups in total. The van der Waals surface area contributed by atoms with Crippen LogP contribution in [0, 0.1) is 5.82 Å². The fourth-order valence-corrected chi connectivity index (χ4v) is 1.64. The first-order valence-electron chi connectivity index (χ1n) is 5.77. The van der Waals surface area contributed by atoms with Crippen molar-refractivity contribution in [1.82, 2.24) is 4.90 Å². The summed E-state index contributed by atoms with van der Waals surface area (Å²) in [5.74, 6) is -1.29. The van der Waals surface area contributed by atoms with E-state index >= 15 is 0 Å². The largest absolute Gasteiger partial charge is 0.419 e. The van der Waals surface area contributed by atoms with E-state index in [4.69, 9.17) is 5.73 Å². The van der Waals surface area contributed by atoms with Crippen LogP contribution in [0.1, 0.15) is 31.0 Å². The first kappa shape index (κ1) is 15.9. The SMILES string of the molecule is CN(C)C(C)(C)C(N)c1ccc(F)c(C(F)(F)F)c1. The number of nitrogens with two attached hydrogens (primary N) is 1. The van der Waals surface area contributed by atoms with Gasteiger partial charge in [0.05, 0.1) is 5.56 Å². The summed E-state index contributed by atoms with van der Waals surface area (Å²) in [5, 5.41) is 0. The van der Waals surface area contributed by atoms with Gasteiger partial charge in [0.15, 0.2) is 0 Å². The molecule has 6 heteroatoms. The molecule has 19 heavy (non-hydrogen) atoms. The maximum atomic E-state index is 13.2. The smallest absolute Gasteiger partial charge is 0.322 e. The summed E-state index contributed by atoms with van der Waals surface area (Å²) in [6.07, 6.45) is -4.72. The van der Waals surface area contributed by atoms with Gasteiger partial charge in [0.25, 0.3) is 0 Å². The fourth-order valence-electron chi connectivity index (χ4n) is 1.64. The quantitative estimate of drug-likeness (QED) is 0.860. The van der Waals surface area contributed by atoms with Crippen LogP contribution in [0.25, 0.3) is 0 Å². The third-order valence-electron chi connectivity index (χ3n) is 3.57. The third-order valence-corrected chi connectivity index (χ3v) is 3.57. The van der Waals surface area contributed by atoms with E-state index in [1.165, 1.54) is 6.07 Å². The predicted octanol–water partition coefficient (Wildman–Crippen LogP) is 3.18. The highest BCUT2D eigenvalue weighted by atomic mass is 19.4. The zero-order chi connectivity index (χ0) is 15.0. The van der Waals surface area contributed by atoms with Crippen molar-refractivity contribution < 1.29 is 17.6 Å². The predicted molar refractivity (Wildman–Crippen MR) is 66.1 cm³/mol. The number of rotatable bonds is 3. The first-order valence-corrected chi connectivity index (χ1v) is 5.77. The molecule has 0 aromatic heterocycles. The summed E-state index contributed by atoms with van der Waals surface area (Å²) in [4.78, 5) is 1.81. The van der Waals surface area contributed by atoms with Gasteiger partial charge in [0.1, 0.15) is 5.82 Å². The Hall–Kier alpha value is -1.14. The second-order valence-corrected chi connectivity index (χ2v) is 5.26. The van der Waals surface area contributed by atoms with Crippen LogP contribution in [0.4, 0.5) is 17.6 Å². The van der Waals surface area contributed by atoms with Crippen molar-refractivity contribution in [2.45, 2.75) is 31.6 Å². The maximum absolute atomic E-state index is 13.2. The van der Waals surface area contributed by atoms with Crippen molar-refractivity contribution in [3.63, 3.8) is 0 Å². The van der Waals surface area contributed by atoms with Crippen molar-refractivity contribution in [1.29, 1.82) is 0 Å². The molecule has 0 aliphatic heterocycles. The van der Waals surface area contributed by atoms with Crippen molar-refractivity contribution in [3.05, 3.63) is 35.1 Å². The van der Waals surface area contributed by atoms with Gasteiger partial charge in [-0.3, -0.25) is 0 Å². The number of alkyl halides is 3. The summed E-state index contributed by atoms with van der Waals surface area (Å²) in [6.45, 7) is 3.63. The third kappa shape index (κ3) is 3.25. The van der Waals surface area contributed by atoms with Crippen LogP contribution >= 0.6 is 0 Å².